The molecule has 0 aromatic heterocycles. The molecule has 0 aliphatic heterocycles. The molecular formula is C15H28N4O7S. The predicted octanol–water partition coefficient (Wildman–Crippen LogP) is -3.19. The number of aliphatic hydroxyl groups is 2. The second-order valence-electron chi connectivity index (χ2n) is 6.33. The van der Waals surface area contributed by atoms with Crippen LogP contribution in [0.5, 0.6) is 0 Å². The summed E-state index contributed by atoms with van der Waals surface area (Å²) in [4.78, 5) is 47.5. The summed E-state index contributed by atoms with van der Waals surface area (Å²) in [5, 5.41) is 34.2. The third kappa shape index (κ3) is 8.12. The highest BCUT2D eigenvalue weighted by molar-refractivity contribution is 7.80. The minimum atomic E-state index is -1.56. The zero-order valence-corrected chi connectivity index (χ0v) is 16.3. The van der Waals surface area contributed by atoms with Gasteiger partial charge in [0.05, 0.1) is 12.7 Å². The van der Waals surface area contributed by atoms with Crippen molar-refractivity contribution in [2.45, 2.75) is 51.0 Å². The molecule has 0 rings (SSSR count). The van der Waals surface area contributed by atoms with E-state index < -0.39 is 60.6 Å². The average Bonchev–Trinajstić information content (AvgIpc) is 2.59. The van der Waals surface area contributed by atoms with Crippen LogP contribution in [0.2, 0.25) is 0 Å². The zero-order chi connectivity index (χ0) is 21.3. The van der Waals surface area contributed by atoms with Gasteiger partial charge >= 0.3 is 5.97 Å². The van der Waals surface area contributed by atoms with E-state index in [9.17, 15) is 24.3 Å². The number of amides is 3. The standard InChI is InChI=1S/C15H28N4O7S/c1-6(2)10(18-12(22)8(16)4-20)14(24)17-9(5-27)13(23)19-11(7(3)21)15(25)26/h6-11,20-21,27H,4-5,16H2,1-3H3,(H,17,24)(H,18,22)(H,19,23)(H,25,26). The molecule has 3 amide bonds. The first-order chi connectivity index (χ1) is 12.5. The number of rotatable bonds is 11. The van der Waals surface area contributed by atoms with E-state index in [2.05, 4.69) is 28.6 Å². The number of carbonyl (C=O) groups excluding carboxylic acids is 3. The lowest BCUT2D eigenvalue weighted by Gasteiger charge is -2.26. The van der Waals surface area contributed by atoms with Gasteiger partial charge in [-0.3, -0.25) is 14.4 Å². The van der Waals surface area contributed by atoms with E-state index in [1.165, 1.54) is 6.92 Å². The first kappa shape index (κ1) is 25.1. The van der Waals surface area contributed by atoms with E-state index in [1.807, 2.05) is 0 Å². The molecule has 0 aliphatic carbocycles. The highest BCUT2D eigenvalue weighted by Crippen LogP contribution is 2.04. The summed E-state index contributed by atoms with van der Waals surface area (Å²) < 4.78 is 0. The van der Waals surface area contributed by atoms with Crippen molar-refractivity contribution in [1.29, 1.82) is 0 Å². The quantitative estimate of drug-likeness (QED) is 0.164. The first-order valence-corrected chi connectivity index (χ1v) is 8.88. The Kier molecular flexibility index (Phi) is 10.9. The van der Waals surface area contributed by atoms with Crippen LogP contribution in [0.15, 0.2) is 0 Å². The van der Waals surface area contributed by atoms with Gasteiger partial charge in [-0.15, -0.1) is 0 Å². The van der Waals surface area contributed by atoms with Crippen molar-refractivity contribution in [2.24, 2.45) is 11.7 Å². The fourth-order valence-electron chi connectivity index (χ4n) is 1.98. The largest absolute Gasteiger partial charge is 0.480 e. The van der Waals surface area contributed by atoms with Gasteiger partial charge in [-0.05, 0) is 12.8 Å². The summed E-state index contributed by atoms with van der Waals surface area (Å²) >= 11 is 3.97. The zero-order valence-electron chi connectivity index (χ0n) is 15.4. The van der Waals surface area contributed by atoms with E-state index in [-0.39, 0.29) is 11.7 Å². The van der Waals surface area contributed by atoms with Gasteiger partial charge in [-0.2, -0.15) is 12.6 Å². The molecule has 0 radical (unpaired) electrons. The minimum Gasteiger partial charge on any atom is -0.480 e. The lowest BCUT2D eigenvalue weighted by atomic mass is 10.0. The summed E-state index contributed by atoms with van der Waals surface area (Å²) in [5.74, 6) is -4.26. The molecule has 12 heteroatoms. The Labute approximate surface area is 162 Å². The maximum atomic E-state index is 12.4. The maximum Gasteiger partial charge on any atom is 0.328 e. The van der Waals surface area contributed by atoms with Crippen molar-refractivity contribution in [2.75, 3.05) is 12.4 Å². The molecule has 0 bridgehead atoms. The Morgan fingerprint density at radius 3 is 1.85 bits per heavy atom. The number of nitrogens with one attached hydrogen (secondary N) is 3. The monoisotopic (exact) mass is 408 g/mol. The fourth-order valence-corrected chi connectivity index (χ4v) is 2.23. The number of carbonyl (C=O) groups is 4. The SMILES string of the molecule is CC(C)C(NC(=O)C(N)CO)C(=O)NC(CS)C(=O)NC(C(=O)O)C(C)O. The average molecular weight is 408 g/mol. The molecule has 0 aromatic carbocycles. The van der Waals surface area contributed by atoms with E-state index >= 15 is 0 Å². The molecule has 0 saturated carbocycles. The van der Waals surface area contributed by atoms with Gasteiger partial charge in [0.25, 0.3) is 0 Å². The third-order valence-corrected chi connectivity index (χ3v) is 4.01. The number of hydrogen-bond donors (Lipinski definition) is 8. The van der Waals surface area contributed by atoms with Crippen molar-refractivity contribution in [3.8, 4) is 0 Å². The molecule has 0 aromatic rings. The first-order valence-electron chi connectivity index (χ1n) is 8.25. The number of aliphatic carboxylic acids is 1. The van der Waals surface area contributed by atoms with Crippen molar-refractivity contribution >= 4 is 36.3 Å². The van der Waals surface area contributed by atoms with Gasteiger partial charge in [0.15, 0.2) is 6.04 Å². The fraction of sp³-hybridized carbons (Fsp3) is 0.733. The molecule has 0 aliphatic rings. The number of carboxylic acids is 1. The molecule has 11 nitrogen and oxygen atoms in total. The summed E-state index contributed by atoms with van der Waals surface area (Å²) in [5.41, 5.74) is 5.40. The van der Waals surface area contributed by atoms with Crippen LogP contribution in [0, 0.1) is 5.92 Å². The van der Waals surface area contributed by atoms with Gasteiger partial charge in [0, 0.05) is 5.75 Å². The predicted molar refractivity (Wildman–Crippen MR) is 98.9 cm³/mol. The van der Waals surface area contributed by atoms with E-state index in [1.54, 1.807) is 13.8 Å². The van der Waals surface area contributed by atoms with Gasteiger partial charge in [-0.25, -0.2) is 4.79 Å². The van der Waals surface area contributed by atoms with Gasteiger partial charge < -0.3 is 37.0 Å². The van der Waals surface area contributed by atoms with Crippen molar-refractivity contribution in [3.63, 3.8) is 0 Å². The molecule has 27 heavy (non-hydrogen) atoms. The van der Waals surface area contributed by atoms with Crippen LogP contribution in [-0.4, -0.2) is 81.6 Å². The van der Waals surface area contributed by atoms with Crippen LogP contribution in [0.1, 0.15) is 20.8 Å². The molecular weight excluding hydrogens is 380 g/mol. The Bertz CT molecular complexity index is 544. The van der Waals surface area contributed by atoms with Crippen LogP contribution in [0.25, 0.3) is 0 Å². The Morgan fingerprint density at radius 1 is 0.963 bits per heavy atom. The number of hydrogen-bond acceptors (Lipinski definition) is 8. The highest BCUT2D eigenvalue weighted by Gasteiger charge is 2.32. The van der Waals surface area contributed by atoms with Crippen molar-refractivity contribution < 1.29 is 34.5 Å². The summed E-state index contributed by atoms with van der Waals surface area (Å²) in [6.07, 6.45) is -1.36. The summed E-state index contributed by atoms with van der Waals surface area (Å²) in [6.45, 7) is 3.90. The van der Waals surface area contributed by atoms with Gasteiger partial charge in [0.2, 0.25) is 17.7 Å². The Morgan fingerprint density at radius 2 is 1.48 bits per heavy atom. The molecule has 5 atom stereocenters. The Balaban J connectivity index is 5.13. The van der Waals surface area contributed by atoms with Crippen LogP contribution in [0.3, 0.4) is 0 Å². The topological polar surface area (TPSA) is 191 Å². The van der Waals surface area contributed by atoms with Crippen LogP contribution >= 0.6 is 12.6 Å². The van der Waals surface area contributed by atoms with Gasteiger partial charge in [0.1, 0.15) is 18.1 Å². The van der Waals surface area contributed by atoms with Crippen molar-refractivity contribution in [1.82, 2.24) is 16.0 Å². The van der Waals surface area contributed by atoms with E-state index in [0.717, 1.165) is 0 Å². The number of thiol groups is 1. The van der Waals surface area contributed by atoms with Crippen LogP contribution < -0.4 is 21.7 Å². The molecule has 0 heterocycles. The van der Waals surface area contributed by atoms with Crippen molar-refractivity contribution in [3.05, 3.63) is 0 Å². The number of nitrogens with two attached hydrogens (primary N) is 1. The summed E-state index contributed by atoms with van der Waals surface area (Å²) in [6, 6.07) is -5.01. The lowest BCUT2D eigenvalue weighted by molar-refractivity contribution is -0.145. The molecule has 0 fully saturated rings. The molecule has 0 spiro atoms. The van der Waals surface area contributed by atoms with E-state index in [0.29, 0.717) is 0 Å². The maximum absolute atomic E-state index is 12.4. The third-order valence-electron chi connectivity index (χ3n) is 3.64. The Hall–Kier alpha value is -1.89. The van der Waals surface area contributed by atoms with Crippen LogP contribution in [0.4, 0.5) is 0 Å². The number of carboxylic acid groups (broad SMARTS) is 1. The molecule has 8 N–H and O–H groups in total. The second-order valence-corrected chi connectivity index (χ2v) is 6.69. The van der Waals surface area contributed by atoms with Crippen LogP contribution in [-0.2, 0) is 19.2 Å². The van der Waals surface area contributed by atoms with E-state index in [4.69, 9.17) is 15.9 Å². The van der Waals surface area contributed by atoms with Gasteiger partial charge in [-0.1, -0.05) is 13.8 Å². The molecule has 5 unspecified atom stereocenters. The highest BCUT2D eigenvalue weighted by atomic mass is 32.1. The molecule has 0 saturated heterocycles. The number of aliphatic hydroxyl groups excluding tert-OH is 2. The lowest BCUT2D eigenvalue weighted by Crippen LogP contribution is -2.60. The second kappa shape index (κ2) is 11.7. The summed E-state index contributed by atoms with van der Waals surface area (Å²) in [7, 11) is 0. The minimum absolute atomic E-state index is 0.154. The smallest absolute Gasteiger partial charge is 0.328 e. The molecule has 156 valence electrons. The normalized spacial score (nSPS) is 16.6.